The number of carbonyl (C=O) groups excluding carboxylic acids is 2. The monoisotopic (exact) mass is 159 g/mol. The lowest BCUT2D eigenvalue weighted by Crippen LogP contribution is -2.52. The Labute approximate surface area is 65.1 Å². The van der Waals surface area contributed by atoms with Crippen molar-refractivity contribution in [3.63, 3.8) is 0 Å². The van der Waals surface area contributed by atoms with E-state index in [0.29, 0.717) is 0 Å². The lowest BCUT2D eigenvalue weighted by atomic mass is 10.1. The number of hydrogen-bond donors (Lipinski definition) is 3. The number of carbonyl (C=O) groups is 2. The van der Waals surface area contributed by atoms with Crippen molar-refractivity contribution >= 4 is 11.8 Å². The van der Waals surface area contributed by atoms with Crippen LogP contribution in [0.2, 0.25) is 0 Å². The van der Waals surface area contributed by atoms with Crippen LogP contribution in [-0.2, 0) is 9.59 Å². The van der Waals surface area contributed by atoms with E-state index in [0.717, 1.165) is 0 Å². The molecule has 0 spiro atoms. The van der Waals surface area contributed by atoms with E-state index in [4.69, 9.17) is 11.5 Å². The fraction of sp³-hybridized carbons (Fsp3) is 0.667. The van der Waals surface area contributed by atoms with E-state index in [2.05, 4.69) is 5.32 Å². The number of rotatable bonds is 2. The van der Waals surface area contributed by atoms with Crippen LogP contribution in [0.25, 0.3) is 0 Å². The van der Waals surface area contributed by atoms with Crippen molar-refractivity contribution < 1.29 is 9.59 Å². The molecular weight excluding hydrogens is 146 g/mol. The molecule has 0 unspecified atom stereocenters. The smallest absolute Gasteiger partial charge is 0.309 e. The topological polar surface area (TPSA) is 98.2 Å². The van der Waals surface area contributed by atoms with Crippen molar-refractivity contribution in [1.82, 2.24) is 5.32 Å². The normalized spacial score (nSPS) is 10.8. The maximum absolute atomic E-state index is 10.7. The predicted octanol–water partition coefficient (Wildman–Crippen LogP) is -1.67. The molecule has 11 heavy (non-hydrogen) atoms. The summed E-state index contributed by atoms with van der Waals surface area (Å²) in [6, 6.07) is 0. The molecule has 5 nitrogen and oxygen atoms in total. The van der Waals surface area contributed by atoms with Crippen molar-refractivity contribution in [2.45, 2.75) is 19.4 Å². The van der Waals surface area contributed by atoms with Crippen LogP contribution < -0.4 is 16.8 Å². The Balaban J connectivity index is 4.04. The quantitative estimate of drug-likeness (QED) is 0.420. The highest BCUT2D eigenvalue weighted by molar-refractivity contribution is 6.34. The van der Waals surface area contributed by atoms with Crippen LogP contribution in [0.15, 0.2) is 0 Å². The van der Waals surface area contributed by atoms with Crippen LogP contribution in [0.5, 0.6) is 0 Å². The summed E-state index contributed by atoms with van der Waals surface area (Å²) in [6.45, 7) is 3.66. The molecule has 0 aromatic carbocycles. The Morgan fingerprint density at radius 3 is 2.18 bits per heavy atom. The second-order valence-corrected chi connectivity index (χ2v) is 2.91. The zero-order valence-electron chi connectivity index (χ0n) is 6.68. The Morgan fingerprint density at radius 1 is 1.45 bits per heavy atom. The first-order valence-electron chi connectivity index (χ1n) is 3.21. The molecule has 0 fully saturated rings. The van der Waals surface area contributed by atoms with E-state index in [-0.39, 0.29) is 6.54 Å². The molecule has 0 saturated carbocycles. The first-order valence-corrected chi connectivity index (χ1v) is 3.21. The van der Waals surface area contributed by atoms with Gasteiger partial charge in [-0.1, -0.05) is 0 Å². The summed E-state index contributed by atoms with van der Waals surface area (Å²) in [5.74, 6) is -1.80. The third kappa shape index (κ3) is 3.57. The number of primary amides is 1. The van der Waals surface area contributed by atoms with E-state index in [9.17, 15) is 9.59 Å². The van der Waals surface area contributed by atoms with Crippen LogP contribution in [0.3, 0.4) is 0 Å². The van der Waals surface area contributed by atoms with E-state index in [1.807, 2.05) is 0 Å². The number of amides is 2. The number of hydrogen-bond acceptors (Lipinski definition) is 3. The van der Waals surface area contributed by atoms with Crippen molar-refractivity contribution in [3.05, 3.63) is 0 Å². The van der Waals surface area contributed by atoms with Gasteiger partial charge in [0.05, 0.1) is 0 Å². The van der Waals surface area contributed by atoms with Gasteiger partial charge in [-0.15, -0.1) is 0 Å². The maximum Gasteiger partial charge on any atom is 0.309 e. The second-order valence-electron chi connectivity index (χ2n) is 2.91. The molecule has 2 amide bonds. The highest BCUT2D eigenvalue weighted by Gasteiger charge is 2.20. The lowest BCUT2D eigenvalue weighted by molar-refractivity contribution is -0.138. The van der Waals surface area contributed by atoms with Crippen LogP contribution in [0, 0.1) is 0 Å². The molecule has 0 aliphatic carbocycles. The molecular formula is C6H13N3O2. The van der Waals surface area contributed by atoms with Crippen molar-refractivity contribution in [2.24, 2.45) is 11.5 Å². The Bertz CT molecular complexity index is 177. The first kappa shape index (κ1) is 9.90. The van der Waals surface area contributed by atoms with Crippen molar-refractivity contribution in [3.8, 4) is 0 Å². The third-order valence-corrected chi connectivity index (χ3v) is 1.19. The average Bonchev–Trinajstić information content (AvgIpc) is 1.87. The molecule has 0 atom stereocenters. The van der Waals surface area contributed by atoms with Gasteiger partial charge < -0.3 is 16.8 Å². The van der Waals surface area contributed by atoms with Crippen molar-refractivity contribution in [1.29, 1.82) is 0 Å². The highest BCUT2D eigenvalue weighted by atomic mass is 16.2. The molecule has 0 aliphatic heterocycles. The predicted molar refractivity (Wildman–Crippen MR) is 40.5 cm³/mol. The molecule has 0 aromatic rings. The fourth-order valence-electron chi connectivity index (χ4n) is 0.420. The van der Waals surface area contributed by atoms with Gasteiger partial charge >= 0.3 is 11.8 Å². The molecule has 0 rings (SSSR count). The van der Waals surface area contributed by atoms with Crippen LogP contribution in [-0.4, -0.2) is 23.9 Å². The third-order valence-electron chi connectivity index (χ3n) is 1.19. The summed E-state index contributed by atoms with van der Waals surface area (Å²) in [4.78, 5) is 20.9. The van der Waals surface area contributed by atoms with E-state index >= 15 is 0 Å². The molecule has 0 saturated heterocycles. The first-order chi connectivity index (χ1) is 4.89. The number of nitrogens with one attached hydrogen (secondary N) is 1. The SMILES string of the molecule is CC(C)(CN)NC(=O)C(N)=O. The summed E-state index contributed by atoms with van der Waals surface area (Å²) in [5, 5.41) is 2.37. The Kier molecular flexibility index (Phi) is 3.00. The van der Waals surface area contributed by atoms with E-state index < -0.39 is 17.4 Å². The van der Waals surface area contributed by atoms with Gasteiger partial charge in [-0.2, -0.15) is 0 Å². The van der Waals surface area contributed by atoms with Crippen molar-refractivity contribution in [2.75, 3.05) is 6.54 Å². The molecule has 0 aromatic heterocycles. The second kappa shape index (κ2) is 3.34. The molecule has 64 valence electrons. The van der Waals surface area contributed by atoms with Gasteiger partial charge in [0.2, 0.25) is 0 Å². The van der Waals surface area contributed by atoms with Gasteiger partial charge in [0, 0.05) is 12.1 Å². The van der Waals surface area contributed by atoms with Crippen LogP contribution in [0.1, 0.15) is 13.8 Å². The molecule has 5 heteroatoms. The Morgan fingerprint density at radius 2 is 1.91 bits per heavy atom. The van der Waals surface area contributed by atoms with E-state index in [1.54, 1.807) is 13.8 Å². The highest BCUT2D eigenvalue weighted by Crippen LogP contribution is 1.96. The van der Waals surface area contributed by atoms with Crippen LogP contribution >= 0.6 is 0 Å². The van der Waals surface area contributed by atoms with Gasteiger partial charge in [0.15, 0.2) is 0 Å². The average molecular weight is 159 g/mol. The fourth-order valence-corrected chi connectivity index (χ4v) is 0.420. The molecule has 0 heterocycles. The zero-order chi connectivity index (χ0) is 9.07. The minimum absolute atomic E-state index is 0.256. The van der Waals surface area contributed by atoms with E-state index in [1.165, 1.54) is 0 Å². The van der Waals surface area contributed by atoms with Gasteiger partial charge in [0.25, 0.3) is 0 Å². The zero-order valence-corrected chi connectivity index (χ0v) is 6.68. The van der Waals surface area contributed by atoms with Gasteiger partial charge in [-0.05, 0) is 13.8 Å². The molecule has 0 radical (unpaired) electrons. The summed E-state index contributed by atoms with van der Waals surface area (Å²) >= 11 is 0. The minimum Gasteiger partial charge on any atom is -0.361 e. The summed E-state index contributed by atoms with van der Waals surface area (Å²) < 4.78 is 0. The standard InChI is InChI=1S/C6H13N3O2/c1-6(2,3-7)9-5(11)4(8)10/h3,7H2,1-2H3,(H2,8,10)(H,9,11). The van der Waals surface area contributed by atoms with Crippen LogP contribution in [0.4, 0.5) is 0 Å². The van der Waals surface area contributed by atoms with Gasteiger partial charge in [-0.25, -0.2) is 0 Å². The lowest BCUT2D eigenvalue weighted by Gasteiger charge is -2.22. The summed E-state index contributed by atoms with van der Waals surface area (Å²) in [7, 11) is 0. The summed E-state index contributed by atoms with van der Waals surface area (Å²) in [6.07, 6.45) is 0. The van der Waals surface area contributed by atoms with Gasteiger partial charge in [-0.3, -0.25) is 9.59 Å². The molecule has 5 N–H and O–H groups in total. The number of nitrogens with two attached hydrogens (primary N) is 2. The van der Waals surface area contributed by atoms with Gasteiger partial charge in [0.1, 0.15) is 0 Å². The Hall–Kier alpha value is -1.10. The molecule has 0 bridgehead atoms. The minimum atomic E-state index is -0.994. The molecule has 0 aliphatic rings. The largest absolute Gasteiger partial charge is 0.361 e. The maximum atomic E-state index is 10.7. The summed E-state index contributed by atoms with van der Waals surface area (Å²) in [5.41, 5.74) is 9.42.